The highest BCUT2D eigenvalue weighted by Gasteiger charge is 2.27. The zero-order chi connectivity index (χ0) is 21.0. The number of aryl methyl sites for hydroxylation is 3. The molecule has 2 aromatic carbocycles. The summed E-state index contributed by atoms with van der Waals surface area (Å²) in [6.07, 6.45) is 2.62. The van der Waals surface area contributed by atoms with Crippen molar-refractivity contribution in [1.82, 2.24) is 4.31 Å². The lowest BCUT2D eigenvalue weighted by Crippen LogP contribution is -2.28. The quantitative estimate of drug-likeness (QED) is 0.747. The molecule has 1 amide bonds. The smallest absolute Gasteiger partial charge is 0.262 e. The molecule has 0 aliphatic carbocycles. The van der Waals surface area contributed by atoms with E-state index in [1.165, 1.54) is 4.31 Å². The van der Waals surface area contributed by atoms with E-state index in [4.69, 9.17) is 4.74 Å². The van der Waals surface area contributed by atoms with Crippen molar-refractivity contribution in [2.45, 2.75) is 44.9 Å². The third-order valence-electron chi connectivity index (χ3n) is 5.21. The van der Waals surface area contributed by atoms with Gasteiger partial charge in [-0.15, -0.1) is 0 Å². The van der Waals surface area contributed by atoms with Crippen molar-refractivity contribution >= 4 is 21.6 Å². The number of ether oxygens (including phenoxy) is 1. The molecule has 3 rings (SSSR count). The normalized spacial score (nSPS) is 14.7. The maximum absolute atomic E-state index is 12.7. The van der Waals surface area contributed by atoms with Crippen LogP contribution in [0.3, 0.4) is 0 Å². The Morgan fingerprint density at radius 2 is 1.83 bits per heavy atom. The van der Waals surface area contributed by atoms with E-state index in [2.05, 4.69) is 5.32 Å². The molecule has 1 N–H and O–H groups in total. The van der Waals surface area contributed by atoms with Crippen LogP contribution in [0.25, 0.3) is 0 Å². The Bertz CT molecular complexity index is 996. The standard InChI is InChI=1S/C22H28N2O4S/c1-4-18-9-7-8-16(2)22(18)23-21(25)15-28-20-11-10-19(14-17(20)3)29(26,27)24-12-5-6-13-24/h7-11,14H,4-6,12-13,15H2,1-3H3,(H,23,25). The zero-order valence-electron chi connectivity index (χ0n) is 17.2. The molecule has 1 aliphatic heterocycles. The Hall–Kier alpha value is -2.38. The maximum Gasteiger partial charge on any atom is 0.262 e. The summed E-state index contributed by atoms with van der Waals surface area (Å²) in [4.78, 5) is 12.6. The van der Waals surface area contributed by atoms with Gasteiger partial charge in [-0.3, -0.25) is 4.79 Å². The number of para-hydroxylation sites is 1. The van der Waals surface area contributed by atoms with E-state index in [9.17, 15) is 13.2 Å². The van der Waals surface area contributed by atoms with Crippen LogP contribution in [0.5, 0.6) is 5.75 Å². The summed E-state index contributed by atoms with van der Waals surface area (Å²) < 4.78 is 32.5. The number of benzene rings is 2. The molecule has 0 unspecified atom stereocenters. The largest absolute Gasteiger partial charge is 0.483 e. The van der Waals surface area contributed by atoms with Crippen LogP contribution in [-0.2, 0) is 21.2 Å². The van der Waals surface area contributed by atoms with Gasteiger partial charge in [-0.25, -0.2) is 8.42 Å². The molecule has 156 valence electrons. The molecule has 0 spiro atoms. The highest BCUT2D eigenvalue weighted by atomic mass is 32.2. The van der Waals surface area contributed by atoms with E-state index < -0.39 is 10.0 Å². The third-order valence-corrected chi connectivity index (χ3v) is 7.11. The first-order valence-electron chi connectivity index (χ1n) is 9.95. The number of nitrogens with one attached hydrogen (secondary N) is 1. The van der Waals surface area contributed by atoms with Gasteiger partial charge in [0.2, 0.25) is 10.0 Å². The van der Waals surface area contributed by atoms with Gasteiger partial charge in [0.05, 0.1) is 4.90 Å². The van der Waals surface area contributed by atoms with Gasteiger partial charge in [-0.1, -0.05) is 25.1 Å². The van der Waals surface area contributed by atoms with Gasteiger partial charge < -0.3 is 10.1 Å². The van der Waals surface area contributed by atoms with Crippen molar-refractivity contribution in [3.8, 4) is 5.75 Å². The number of hydrogen-bond donors (Lipinski definition) is 1. The Morgan fingerprint density at radius 3 is 2.48 bits per heavy atom. The van der Waals surface area contributed by atoms with E-state index in [0.29, 0.717) is 24.4 Å². The summed E-state index contributed by atoms with van der Waals surface area (Å²) >= 11 is 0. The predicted molar refractivity (Wildman–Crippen MR) is 114 cm³/mol. The van der Waals surface area contributed by atoms with Crippen molar-refractivity contribution in [3.05, 3.63) is 53.1 Å². The molecule has 0 saturated carbocycles. The molecule has 0 atom stereocenters. The molecule has 0 radical (unpaired) electrons. The van der Waals surface area contributed by atoms with Crippen LogP contribution in [0.4, 0.5) is 5.69 Å². The summed E-state index contributed by atoms with van der Waals surface area (Å²) in [6.45, 7) is 6.78. The van der Waals surface area contributed by atoms with Gasteiger partial charge in [0, 0.05) is 18.8 Å². The van der Waals surface area contributed by atoms with Gasteiger partial charge in [0.1, 0.15) is 5.75 Å². The zero-order valence-corrected chi connectivity index (χ0v) is 18.0. The van der Waals surface area contributed by atoms with Crippen LogP contribution in [0, 0.1) is 13.8 Å². The van der Waals surface area contributed by atoms with Crippen LogP contribution < -0.4 is 10.1 Å². The fourth-order valence-corrected chi connectivity index (χ4v) is 5.15. The van der Waals surface area contributed by atoms with Crippen LogP contribution in [-0.4, -0.2) is 38.3 Å². The van der Waals surface area contributed by atoms with Crippen molar-refractivity contribution in [2.24, 2.45) is 0 Å². The minimum Gasteiger partial charge on any atom is -0.483 e. The summed E-state index contributed by atoms with van der Waals surface area (Å²) in [7, 11) is -3.46. The molecule has 0 bridgehead atoms. The van der Waals surface area contributed by atoms with E-state index in [-0.39, 0.29) is 17.4 Å². The van der Waals surface area contributed by atoms with E-state index in [1.54, 1.807) is 25.1 Å². The second-order valence-corrected chi connectivity index (χ2v) is 9.28. The maximum atomic E-state index is 12.7. The third kappa shape index (κ3) is 4.79. The van der Waals surface area contributed by atoms with Crippen molar-refractivity contribution in [1.29, 1.82) is 0 Å². The average molecular weight is 417 g/mol. The predicted octanol–water partition coefficient (Wildman–Crippen LogP) is 3.67. The second kappa shape index (κ2) is 8.97. The van der Waals surface area contributed by atoms with Crippen molar-refractivity contribution in [2.75, 3.05) is 25.0 Å². The Labute approximate surface area is 172 Å². The molecular weight excluding hydrogens is 388 g/mol. The van der Waals surface area contributed by atoms with Gasteiger partial charge in [0.25, 0.3) is 5.91 Å². The lowest BCUT2D eigenvalue weighted by atomic mass is 10.1. The van der Waals surface area contributed by atoms with E-state index in [0.717, 1.165) is 36.1 Å². The molecule has 6 nitrogen and oxygen atoms in total. The van der Waals surface area contributed by atoms with Gasteiger partial charge in [-0.05, 0) is 68.0 Å². The number of amides is 1. The van der Waals surface area contributed by atoms with E-state index >= 15 is 0 Å². The summed E-state index contributed by atoms with van der Waals surface area (Å²) in [6, 6.07) is 10.7. The minimum atomic E-state index is -3.46. The molecule has 2 aromatic rings. The molecule has 0 aromatic heterocycles. The van der Waals surface area contributed by atoms with Crippen LogP contribution >= 0.6 is 0 Å². The van der Waals surface area contributed by atoms with Gasteiger partial charge >= 0.3 is 0 Å². The molecule has 1 saturated heterocycles. The number of nitrogens with zero attached hydrogens (tertiary/aromatic N) is 1. The Balaban J connectivity index is 1.66. The summed E-state index contributed by atoms with van der Waals surface area (Å²) in [5.41, 5.74) is 3.59. The van der Waals surface area contributed by atoms with E-state index in [1.807, 2.05) is 32.0 Å². The highest BCUT2D eigenvalue weighted by Crippen LogP contribution is 2.26. The SMILES string of the molecule is CCc1cccc(C)c1NC(=O)COc1ccc(S(=O)(=O)N2CCCC2)cc1C. The monoisotopic (exact) mass is 416 g/mol. The van der Waals surface area contributed by atoms with Crippen molar-refractivity contribution in [3.63, 3.8) is 0 Å². The molecule has 7 heteroatoms. The van der Waals surface area contributed by atoms with Crippen LogP contribution in [0.15, 0.2) is 41.3 Å². The topological polar surface area (TPSA) is 75.7 Å². The molecule has 29 heavy (non-hydrogen) atoms. The number of rotatable bonds is 7. The van der Waals surface area contributed by atoms with Gasteiger partial charge in [-0.2, -0.15) is 4.31 Å². The minimum absolute atomic E-state index is 0.142. The van der Waals surface area contributed by atoms with Crippen LogP contribution in [0.2, 0.25) is 0 Å². The second-order valence-electron chi connectivity index (χ2n) is 7.34. The first-order valence-corrected chi connectivity index (χ1v) is 11.4. The molecular formula is C22H28N2O4S. The molecule has 1 fully saturated rings. The number of sulfonamides is 1. The van der Waals surface area contributed by atoms with Crippen LogP contribution in [0.1, 0.15) is 36.5 Å². The molecule has 1 heterocycles. The number of carbonyl (C=O) groups excluding carboxylic acids is 1. The van der Waals surface area contributed by atoms with Gasteiger partial charge in [0.15, 0.2) is 6.61 Å². The lowest BCUT2D eigenvalue weighted by molar-refractivity contribution is -0.118. The Kier molecular flexibility index (Phi) is 6.59. The number of carbonyl (C=O) groups is 1. The highest BCUT2D eigenvalue weighted by molar-refractivity contribution is 7.89. The summed E-state index contributed by atoms with van der Waals surface area (Å²) in [5, 5.41) is 2.93. The average Bonchev–Trinajstić information content (AvgIpc) is 3.24. The Morgan fingerprint density at radius 1 is 1.10 bits per heavy atom. The number of hydrogen-bond acceptors (Lipinski definition) is 4. The fourth-order valence-electron chi connectivity index (χ4n) is 3.54. The lowest BCUT2D eigenvalue weighted by Gasteiger charge is -2.17. The fraction of sp³-hybridized carbons (Fsp3) is 0.409. The first kappa shape index (κ1) is 21.3. The number of anilines is 1. The first-order chi connectivity index (χ1) is 13.8. The molecule has 1 aliphatic rings. The summed E-state index contributed by atoms with van der Waals surface area (Å²) in [5.74, 6) is 0.253. The van der Waals surface area contributed by atoms with Crippen molar-refractivity contribution < 1.29 is 17.9 Å².